The van der Waals surface area contributed by atoms with E-state index in [1.54, 1.807) is 17.0 Å². The lowest BCUT2D eigenvalue weighted by Gasteiger charge is -2.36. The monoisotopic (exact) mass is 424 g/mol. The topological polar surface area (TPSA) is 52.6 Å². The van der Waals surface area contributed by atoms with Gasteiger partial charge in [0.2, 0.25) is 0 Å². The smallest absolute Gasteiger partial charge is 0.257 e. The van der Waals surface area contributed by atoms with Gasteiger partial charge in [0.1, 0.15) is 5.75 Å². The number of fused-ring (bicyclic) bond motifs is 4. The molecule has 0 fully saturated rings. The van der Waals surface area contributed by atoms with Crippen LogP contribution in [0.25, 0.3) is 0 Å². The summed E-state index contributed by atoms with van der Waals surface area (Å²) in [6.45, 7) is 1.03. The van der Waals surface area contributed by atoms with E-state index in [0.29, 0.717) is 28.7 Å². The van der Waals surface area contributed by atoms with Crippen LogP contribution in [-0.4, -0.2) is 17.6 Å². The van der Waals surface area contributed by atoms with Crippen LogP contribution in [0.15, 0.2) is 60.7 Å². The summed E-state index contributed by atoms with van der Waals surface area (Å²) in [4.78, 5) is 15.7. The van der Waals surface area contributed by atoms with Crippen molar-refractivity contribution in [3.05, 3.63) is 93.0 Å². The first kappa shape index (κ1) is 18.5. The first-order valence-corrected chi connectivity index (χ1v) is 10.2. The summed E-state index contributed by atoms with van der Waals surface area (Å²) in [6, 6.07) is 18.4. The molecule has 0 radical (unpaired) electrons. The number of phenolic OH excluding ortho intramolecular Hbond substituents is 1. The third-order valence-corrected chi connectivity index (χ3v) is 6.25. The van der Waals surface area contributed by atoms with Gasteiger partial charge in [0, 0.05) is 27.7 Å². The number of amides is 1. The molecule has 2 N–H and O–H groups in total. The maximum absolute atomic E-state index is 13.9. The number of carbonyl (C=O) groups is 1. The molecule has 1 atom stereocenters. The molecule has 6 heteroatoms. The fourth-order valence-corrected chi connectivity index (χ4v) is 4.81. The normalized spacial score (nSPS) is 20.1. The van der Waals surface area contributed by atoms with Crippen molar-refractivity contribution in [3.8, 4) is 5.75 Å². The van der Waals surface area contributed by atoms with E-state index in [0.717, 1.165) is 28.8 Å². The fraction of sp³-hybridized carbons (Fsp3) is 0.174. The number of phenols is 1. The SMILES string of the molecule is O=C1N(Cc2ccc(Cl)cc2)c2ccc(Cl)cc2C12NCCc1cccc(O)c12. The van der Waals surface area contributed by atoms with Crippen LogP contribution in [0, 0.1) is 0 Å². The number of anilines is 1. The van der Waals surface area contributed by atoms with Crippen molar-refractivity contribution >= 4 is 34.8 Å². The van der Waals surface area contributed by atoms with Crippen LogP contribution in [0.4, 0.5) is 5.69 Å². The van der Waals surface area contributed by atoms with E-state index in [2.05, 4.69) is 5.32 Å². The van der Waals surface area contributed by atoms with Gasteiger partial charge in [-0.05, 0) is 53.9 Å². The number of halogens is 2. The van der Waals surface area contributed by atoms with Gasteiger partial charge in [-0.1, -0.05) is 47.5 Å². The largest absolute Gasteiger partial charge is 0.508 e. The van der Waals surface area contributed by atoms with Gasteiger partial charge in [-0.2, -0.15) is 0 Å². The first-order chi connectivity index (χ1) is 14.0. The van der Waals surface area contributed by atoms with Gasteiger partial charge in [0.15, 0.2) is 5.54 Å². The van der Waals surface area contributed by atoms with Crippen molar-refractivity contribution in [2.75, 3.05) is 11.4 Å². The zero-order valence-corrected chi connectivity index (χ0v) is 17.0. The molecule has 0 aliphatic carbocycles. The molecule has 2 aliphatic rings. The van der Waals surface area contributed by atoms with Crippen molar-refractivity contribution in [1.29, 1.82) is 0 Å². The Hall–Kier alpha value is -2.53. The third kappa shape index (κ3) is 2.75. The molecule has 146 valence electrons. The van der Waals surface area contributed by atoms with Gasteiger partial charge in [-0.3, -0.25) is 10.1 Å². The third-order valence-electron chi connectivity index (χ3n) is 5.76. The Labute approximate surface area is 178 Å². The molecule has 0 saturated heterocycles. The van der Waals surface area contributed by atoms with E-state index in [1.807, 2.05) is 48.5 Å². The lowest BCUT2D eigenvalue weighted by atomic mass is 9.77. The molecular formula is C23H18Cl2N2O2. The highest BCUT2D eigenvalue weighted by molar-refractivity contribution is 6.31. The molecule has 29 heavy (non-hydrogen) atoms. The van der Waals surface area contributed by atoms with Crippen molar-refractivity contribution in [1.82, 2.24) is 5.32 Å². The summed E-state index contributed by atoms with van der Waals surface area (Å²) < 4.78 is 0. The van der Waals surface area contributed by atoms with E-state index in [-0.39, 0.29) is 11.7 Å². The Morgan fingerprint density at radius 3 is 2.59 bits per heavy atom. The summed E-state index contributed by atoms with van der Waals surface area (Å²) in [5, 5.41) is 15.4. The van der Waals surface area contributed by atoms with Gasteiger partial charge < -0.3 is 10.0 Å². The Bertz CT molecular complexity index is 1130. The number of carbonyl (C=O) groups excluding carboxylic acids is 1. The highest BCUT2D eigenvalue weighted by Crippen LogP contribution is 2.50. The van der Waals surface area contributed by atoms with Crippen LogP contribution in [0.2, 0.25) is 10.0 Å². The second-order valence-electron chi connectivity index (χ2n) is 7.42. The Morgan fingerprint density at radius 2 is 1.79 bits per heavy atom. The number of hydrogen-bond donors (Lipinski definition) is 2. The summed E-state index contributed by atoms with van der Waals surface area (Å²) >= 11 is 12.3. The molecule has 3 aromatic rings. The molecule has 4 nitrogen and oxygen atoms in total. The molecule has 1 spiro atoms. The van der Waals surface area contributed by atoms with Crippen LogP contribution in [-0.2, 0) is 23.3 Å². The second-order valence-corrected chi connectivity index (χ2v) is 8.29. The molecule has 5 rings (SSSR count). The number of benzene rings is 3. The number of rotatable bonds is 2. The minimum atomic E-state index is -1.15. The molecule has 1 amide bonds. The molecule has 2 heterocycles. The van der Waals surface area contributed by atoms with Crippen LogP contribution >= 0.6 is 23.2 Å². The molecule has 0 aromatic heterocycles. The van der Waals surface area contributed by atoms with Crippen LogP contribution < -0.4 is 10.2 Å². The average Bonchev–Trinajstić information content (AvgIpc) is 2.93. The standard InChI is InChI=1S/C23H18Cl2N2O2/c24-16-6-4-14(5-7-16)13-27-19-9-8-17(25)12-18(19)23(22(27)29)21-15(10-11-26-23)2-1-3-20(21)28/h1-9,12,26,28H,10-11,13H2. The van der Waals surface area contributed by atoms with Crippen molar-refractivity contribution in [2.45, 2.75) is 18.5 Å². The van der Waals surface area contributed by atoms with E-state index in [1.165, 1.54) is 0 Å². The summed E-state index contributed by atoms with van der Waals surface area (Å²) in [5.41, 5.74) is 2.97. The highest BCUT2D eigenvalue weighted by atomic mass is 35.5. The zero-order chi connectivity index (χ0) is 20.2. The van der Waals surface area contributed by atoms with Gasteiger partial charge in [-0.25, -0.2) is 0 Å². The minimum Gasteiger partial charge on any atom is -0.508 e. The fourth-order valence-electron chi connectivity index (χ4n) is 4.51. The predicted molar refractivity (Wildman–Crippen MR) is 115 cm³/mol. The molecule has 0 bridgehead atoms. The van der Waals surface area contributed by atoms with Gasteiger partial charge in [0.25, 0.3) is 5.91 Å². The summed E-state index contributed by atoms with van der Waals surface area (Å²) in [7, 11) is 0. The minimum absolute atomic E-state index is 0.113. The lowest BCUT2D eigenvalue weighted by molar-refractivity contribution is -0.123. The molecule has 1 unspecified atom stereocenters. The van der Waals surface area contributed by atoms with Crippen LogP contribution in [0.5, 0.6) is 5.75 Å². The van der Waals surface area contributed by atoms with Gasteiger partial charge in [-0.15, -0.1) is 0 Å². The maximum Gasteiger partial charge on any atom is 0.257 e. The Morgan fingerprint density at radius 1 is 1.03 bits per heavy atom. The number of nitrogens with zero attached hydrogens (tertiary/aromatic N) is 1. The molecule has 0 saturated carbocycles. The Balaban J connectivity index is 1.71. The first-order valence-electron chi connectivity index (χ1n) is 9.43. The predicted octanol–water partition coefficient (Wildman–Crippen LogP) is 4.64. The van der Waals surface area contributed by atoms with E-state index >= 15 is 0 Å². The van der Waals surface area contributed by atoms with Crippen LogP contribution in [0.3, 0.4) is 0 Å². The van der Waals surface area contributed by atoms with Gasteiger partial charge >= 0.3 is 0 Å². The van der Waals surface area contributed by atoms with Crippen molar-refractivity contribution in [2.24, 2.45) is 0 Å². The van der Waals surface area contributed by atoms with Crippen molar-refractivity contribution < 1.29 is 9.90 Å². The number of nitrogens with one attached hydrogen (secondary N) is 1. The quantitative estimate of drug-likeness (QED) is 0.629. The van der Waals surface area contributed by atoms with E-state index < -0.39 is 5.54 Å². The zero-order valence-electron chi connectivity index (χ0n) is 15.5. The number of aromatic hydroxyl groups is 1. The Kier molecular flexibility index (Phi) is 4.32. The summed E-state index contributed by atoms with van der Waals surface area (Å²) in [6.07, 6.45) is 0.742. The highest BCUT2D eigenvalue weighted by Gasteiger charge is 2.55. The van der Waals surface area contributed by atoms with Crippen molar-refractivity contribution in [3.63, 3.8) is 0 Å². The lowest BCUT2D eigenvalue weighted by Crippen LogP contribution is -2.54. The van der Waals surface area contributed by atoms with E-state index in [4.69, 9.17) is 23.2 Å². The summed E-state index contributed by atoms with van der Waals surface area (Å²) in [5.74, 6) is -0.00511. The second kappa shape index (κ2) is 6.77. The van der Waals surface area contributed by atoms with Crippen LogP contribution in [0.1, 0.15) is 22.3 Å². The molecule has 3 aromatic carbocycles. The number of hydrogen-bond acceptors (Lipinski definition) is 3. The molecular weight excluding hydrogens is 407 g/mol. The average molecular weight is 425 g/mol. The van der Waals surface area contributed by atoms with Gasteiger partial charge in [0.05, 0.1) is 12.2 Å². The van der Waals surface area contributed by atoms with E-state index in [9.17, 15) is 9.90 Å². The maximum atomic E-state index is 13.9. The molecule has 2 aliphatic heterocycles.